The van der Waals surface area contributed by atoms with Crippen molar-refractivity contribution >= 4 is 11.9 Å². The summed E-state index contributed by atoms with van der Waals surface area (Å²) in [6, 6.07) is 13.7. The summed E-state index contributed by atoms with van der Waals surface area (Å²) in [5, 5.41) is 8.78. The van der Waals surface area contributed by atoms with Gasteiger partial charge in [0.05, 0.1) is 6.42 Å². The summed E-state index contributed by atoms with van der Waals surface area (Å²) in [5.41, 5.74) is 1.60. The Kier molecular flexibility index (Phi) is 6.60. The molecule has 1 aliphatic rings. The van der Waals surface area contributed by atoms with Crippen LogP contribution in [0.25, 0.3) is 0 Å². The third-order valence-electron chi connectivity index (χ3n) is 4.69. The van der Waals surface area contributed by atoms with E-state index in [2.05, 4.69) is 4.90 Å². The zero-order valence-electron chi connectivity index (χ0n) is 15.5. The van der Waals surface area contributed by atoms with Crippen molar-refractivity contribution in [2.75, 3.05) is 32.8 Å². The number of piperazine rings is 1. The van der Waals surface area contributed by atoms with E-state index in [9.17, 15) is 14.0 Å². The topological polar surface area (TPSA) is 70.1 Å². The maximum absolute atomic E-state index is 13.6. The molecule has 0 aliphatic carbocycles. The average Bonchev–Trinajstić information content (AvgIpc) is 2.68. The maximum atomic E-state index is 13.6. The van der Waals surface area contributed by atoms with E-state index in [1.807, 2.05) is 35.2 Å². The molecule has 0 radical (unpaired) electrons. The van der Waals surface area contributed by atoms with Gasteiger partial charge in [0.2, 0.25) is 5.91 Å². The van der Waals surface area contributed by atoms with Crippen LogP contribution in [-0.2, 0) is 22.6 Å². The third-order valence-corrected chi connectivity index (χ3v) is 4.69. The van der Waals surface area contributed by atoms with Gasteiger partial charge < -0.3 is 14.7 Å². The van der Waals surface area contributed by atoms with Crippen LogP contribution in [0.3, 0.4) is 0 Å². The van der Waals surface area contributed by atoms with E-state index in [1.54, 1.807) is 0 Å². The van der Waals surface area contributed by atoms with Crippen LogP contribution in [0, 0.1) is 5.82 Å². The Morgan fingerprint density at radius 3 is 2.43 bits per heavy atom. The predicted molar refractivity (Wildman–Crippen MR) is 102 cm³/mol. The van der Waals surface area contributed by atoms with E-state index in [4.69, 9.17) is 9.84 Å². The summed E-state index contributed by atoms with van der Waals surface area (Å²) in [7, 11) is 0. The first-order valence-electron chi connectivity index (χ1n) is 9.18. The van der Waals surface area contributed by atoms with Gasteiger partial charge in [-0.1, -0.05) is 30.3 Å². The monoisotopic (exact) mass is 386 g/mol. The summed E-state index contributed by atoms with van der Waals surface area (Å²) < 4.78 is 18.9. The molecule has 1 saturated heterocycles. The van der Waals surface area contributed by atoms with Gasteiger partial charge in [-0.15, -0.1) is 0 Å². The number of halogens is 1. The van der Waals surface area contributed by atoms with Crippen molar-refractivity contribution in [3.63, 3.8) is 0 Å². The second-order valence-corrected chi connectivity index (χ2v) is 6.75. The summed E-state index contributed by atoms with van der Waals surface area (Å²) in [5.74, 6) is -1.01. The molecule has 0 unspecified atom stereocenters. The van der Waals surface area contributed by atoms with Gasteiger partial charge in [0.25, 0.3) is 0 Å². The number of rotatable bonds is 7. The van der Waals surface area contributed by atoms with Crippen LogP contribution in [-0.4, -0.2) is 59.6 Å². The Morgan fingerprint density at radius 1 is 1.04 bits per heavy atom. The molecule has 6 nitrogen and oxygen atoms in total. The van der Waals surface area contributed by atoms with Gasteiger partial charge >= 0.3 is 5.97 Å². The highest BCUT2D eigenvalue weighted by Gasteiger charge is 2.22. The number of hydrogen-bond acceptors (Lipinski definition) is 4. The standard InChI is InChI=1S/C21H23FN2O4/c22-18-6-7-19(28-15-21(26)27)17(13-18)14-23-8-10-24(11-9-23)20(25)12-16-4-2-1-3-5-16/h1-7,13H,8-12,14-15H2,(H,26,27). The molecule has 0 bridgehead atoms. The van der Waals surface area contributed by atoms with Gasteiger partial charge in [-0.05, 0) is 23.8 Å². The van der Waals surface area contributed by atoms with E-state index >= 15 is 0 Å². The Hall–Kier alpha value is -2.93. The quantitative estimate of drug-likeness (QED) is 0.790. The molecule has 148 valence electrons. The molecule has 2 aromatic rings. The largest absolute Gasteiger partial charge is 0.482 e. The van der Waals surface area contributed by atoms with Crippen molar-refractivity contribution in [1.29, 1.82) is 0 Å². The van der Waals surface area contributed by atoms with Crippen LogP contribution in [0.15, 0.2) is 48.5 Å². The normalized spacial score (nSPS) is 14.7. The van der Waals surface area contributed by atoms with Gasteiger partial charge in [0, 0.05) is 38.3 Å². The molecule has 0 aromatic heterocycles. The van der Waals surface area contributed by atoms with Gasteiger partial charge in [0.1, 0.15) is 11.6 Å². The fourth-order valence-electron chi connectivity index (χ4n) is 3.23. The lowest BCUT2D eigenvalue weighted by Crippen LogP contribution is -2.48. The molecule has 28 heavy (non-hydrogen) atoms. The minimum atomic E-state index is -1.08. The molecule has 1 heterocycles. The molecule has 0 spiro atoms. The maximum Gasteiger partial charge on any atom is 0.341 e. The van der Waals surface area contributed by atoms with Gasteiger partial charge in [-0.3, -0.25) is 9.69 Å². The highest BCUT2D eigenvalue weighted by atomic mass is 19.1. The Labute approximate surface area is 163 Å². The summed E-state index contributed by atoms with van der Waals surface area (Å²) in [6.45, 7) is 2.50. The lowest BCUT2D eigenvalue weighted by molar-refractivity contribution is -0.139. The molecule has 1 aliphatic heterocycles. The number of carbonyl (C=O) groups is 2. The molecule has 1 fully saturated rings. The lowest BCUT2D eigenvalue weighted by Gasteiger charge is -2.35. The highest BCUT2D eigenvalue weighted by Crippen LogP contribution is 2.22. The number of carboxylic acid groups (broad SMARTS) is 1. The second-order valence-electron chi connectivity index (χ2n) is 6.75. The zero-order chi connectivity index (χ0) is 19.9. The smallest absolute Gasteiger partial charge is 0.341 e. The first-order valence-corrected chi connectivity index (χ1v) is 9.18. The van der Waals surface area contributed by atoms with E-state index in [0.717, 1.165) is 5.56 Å². The Balaban J connectivity index is 1.55. The molecule has 1 amide bonds. The number of carboxylic acids is 1. The molecule has 1 N–H and O–H groups in total. The van der Waals surface area contributed by atoms with E-state index in [1.165, 1.54) is 18.2 Å². The number of amides is 1. The molecule has 0 saturated carbocycles. The van der Waals surface area contributed by atoms with Crippen LogP contribution < -0.4 is 4.74 Å². The zero-order valence-corrected chi connectivity index (χ0v) is 15.5. The fourth-order valence-corrected chi connectivity index (χ4v) is 3.23. The molecule has 0 atom stereocenters. The fraction of sp³-hybridized carbons (Fsp3) is 0.333. The number of benzene rings is 2. The first kappa shape index (κ1) is 19.8. The Morgan fingerprint density at radius 2 is 1.75 bits per heavy atom. The third kappa shape index (κ3) is 5.53. The molecule has 3 rings (SSSR count). The molecule has 7 heteroatoms. The van der Waals surface area contributed by atoms with Crippen LogP contribution in [0.4, 0.5) is 4.39 Å². The van der Waals surface area contributed by atoms with Crippen molar-refractivity contribution in [3.8, 4) is 5.75 Å². The van der Waals surface area contributed by atoms with Crippen LogP contribution >= 0.6 is 0 Å². The minimum absolute atomic E-state index is 0.0992. The predicted octanol–water partition coefficient (Wildman–Crippen LogP) is 2.18. The Bertz CT molecular complexity index is 820. The van der Waals surface area contributed by atoms with Gasteiger partial charge in [0.15, 0.2) is 6.61 Å². The first-order chi connectivity index (χ1) is 13.5. The summed E-state index contributed by atoms with van der Waals surface area (Å²) >= 11 is 0. The number of ether oxygens (including phenoxy) is 1. The SMILES string of the molecule is O=C(O)COc1ccc(F)cc1CN1CCN(C(=O)Cc2ccccc2)CC1. The van der Waals surface area contributed by atoms with E-state index < -0.39 is 18.4 Å². The van der Waals surface area contributed by atoms with E-state index in [0.29, 0.717) is 50.5 Å². The number of nitrogens with zero attached hydrogens (tertiary/aromatic N) is 2. The van der Waals surface area contributed by atoms with Crippen molar-refractivity contribution in [2.24, 2.45) is 0 Å². The number of aliphatic carboxylic acids is 1. The molecule has 2 aromatic carbocycles. The van der Waals surface area contributed by atoms with Crippen molar-refractivity contribution in [2.45, 2.75) is 13.0 Å². The lowest BCUT2D eigenvalue weighted by atomic mass is 10.1. The second kappa shape index (κ2) is 9.32. The van der Waals surface area contributed by atoms with Gasteiger partial charge in [-0.25, -0.2) is 9.18 Å². The number of carbonyl (C=O) groups excluding carboxylic acids is 1. The van der Waals surface area contributed by atoms with Crippen LogP contribution in [0.5, 0.6) is 5.75 Å². The average molecular weight is 386 g/mol. The minimum Gasteiger partial charge on any atom is -0.482 e. The van der Waals surface area contributed by atoms with Crippen molar-refractivity contribution in [3.05, 3.63) is 65.5 Å². The molecular formula is C21H23FN2O4. The van der Waals surface area contributed by atoms with Gasteiger partial charge in [-0.2, -0.15) is 0 Å². The summed E-state index contributed by atoms with van der Waals surface area (Å²) in [4.78, 5) is 27.1. The highest BCUT2D eigenvalue weighted by molar-refractivity contribution is 5.78. The van der Waals surface area contributed by atoms with Crippen LogP contribution in [0.2, 0.25) is 0 Å². The van der Waals surface area contributed by atoms with Crippen LogP contribution in [0.1, 0.15) is 11.1 Å². The van der Waals surface area contributed by atoms with Crippen molar-refractivity contribution < 1.29 is 23.8 Å². The number of hydrogen-bond donors (Lipinski definition) is 1. The molecular weight excluding hydrogens is 363 g/mol. The van der Waals surface area contributed by atoms with E-state index in [-0.39, 0.29) is 5.91 Å². The summed E-state index contributed by atoms with van der Waals surface area (Å²) in [6.07, 6.45) is 0.387. The van der Waals surface area contributed by atoms with Crippen molar-refractivity contribution in [1.82, 2.24) is 9.80 Å².